The zero-order chi connectivity index (χ0) is 17.6. The van der Waals surface area contributed by atoms with E-state index >= 15 is 0 Å². The first-order valence-electron chi connectivity index (χ1n) is 8.58. The van der Waals surface area contributed by atoms with E-state index in [0.29, 0.717) is 10.8 Å². The molecule has 1 atom stereocenters. The third kappa shape index (κ3) is 2.82. The van der Waals surface area contributed by atoms with Crippen LogP contribution in [0.15, 0.2) is 18.5 Å². The summed E-state index contributed by atoms with van der Waals surface area (Å²) in [6.45, 7) is 1.53. The van der Waals surface area contributed by atoms with E-state index in [2.05, 4.69) is 9.97 Å². The number of hydrogen-bond acceptors (Lipinski definition) is 5. The van der Waals surface area contributed by atoms with Crippen LogP contribution in [-0.4, -0.2) is 42.1 Å². The standard InChI is InChI=1S/C18H21ClFN5/c1-24(2)17-22-9-12-4-6-18(15(12)23-17)5-3-7-25(11-18)16-14(20)8-13(19)10-21-16/h8-10H,3-7,11H2,1-2H3. The normalized spacial score (nSPS) is 22.3. The number of pyridine rings is 1. The molecule has 1 unspecified atom stereocenters. The van der Waals surface area contributed by atoms with E-state index in [-0.39, 0.29) is 11.2 Å². The van der Waals surface area contributed by atoms with E-state index < -0.39 is 0 Å². The van der Waals surface area contributed by atoms with Gasteiger partial charge in [0.1, 0.15) is 0 Å². The third-order valence-electron chi connectivity index (χ3n) is 5.29. The number of piperidine rings is 1. The van der Waals surface area contributed by atoms with Crippen LogP contribution in [0.5, 0.6) is 0 Å². The Hall–Kier alpha value is -1.95. The molecule has 0 N–H and O–H groups in total. The number of halogens is 2. The first kappa shape index (κ1) is 16.5. The van der Waals surface area contributed by atoms with Crippen molar-refractivity contribution < 1.29 is 4.39 Å². The van der Waals surface area contributed by atoms with Crippen molar-refractivity contribution in [2.24, 2.45) is 0 Å². The van der Waals surface area contributed by atoms with Crippen LogP contribution < -0.4 is 9.80 Å². The smallest absolute Gasteiger partial charge is 0.225 e. The summed E-state index contributed by atoms with van der Waals surface area (Å²) in [6, 6.07) is 1.33. The lowest BCUT2D eigenvalue weighted by Gasteiger charge is -2.41. The molecule has 1 saturated heterocycles. The van der Waals surface area contributed by atoms with Gasteiger partial charge in [-0.3, -0.25) is 0 Å². The second-order valence-corrected chi connectivity index (χ2v) is 7.64. The second-order valence-electron chi connectivity index (χ2n) is 7.20. The minimum atomic E-state index is -0.362. The summed E-state index contributed by atoms with van der Waals surface area (Å²) in [5.41, 5.74) is 2.30. The van der Waals surface area contributed by atoms with Gasteiger partial charge < -0.3 is 9.80 Å². The van der Waals surface area contributed by atoms with Crippen LogP contribution >= 0.6 is 11.6 Å². The highest BCUT2D eigenvalue weighted by Crippen LogP contribution is 2.45. The number of aryl methyl sites for hydroxylation is 1. The zero-order valence-electron chi connectivity index (χ0n) is 14.5. The average molecular weight is 362 g/mol. The van der Waals surface area contributed by atoms with Crippen LogP contribution in [0.25, 0.3) is 0 Å². The van der Waals surface area contributed by atoms with E-state index in [9.17, 15) is 4.39 Å². The molecule has 0 aromatic carbocycles. The second kappa shape index (κ2) is 6.09. The van der Waals surface area contributed by atoms with Crippen LogP contribution in [0.1, 0.15) is 30.5 Å². The Morgan fingerprint density at radius 3 is 2.84 bits per heavy atom. The summed E-state index contributed by atoms with van der Waals surface area (Å²) in [5, 5.41) is 0.322. The highest BCUT2D eigenvalue weighted by molar-refractivity contribution is 6.30. The van der Waals surface area contributed by atoms with Crippen LogP contribution in [0.2, 0.25) is 5.02 Å². The Bertz CT molecular complexity index is 808. The average Bonchev–Trinajstić information content (AvgIpc) is 2.92. The Balaban J connectivity index is 1.69. The first-order valence-corrected chi connectivity index (χ1v) is 8.96. The van der Waals surface area contributed by atoms with Gasteiger partial charge in [0.25, 0.3) is 0 Å². The van der Waals surface area contributed by atoms with Gasteiger partial charge in [-0.05, 0) is 37.3 Å². The molecule has 1 aliphatic heterocycles. The molecule has 0 saturated carbocycles. The molecule has 1 spiro atoms. The van der Waals surface area contributed by atoms with Crippen molar-refractivity contribution in [2.45, 2.75) is 31.1 Å². The number of fused-ring (bicyclic) bond motifs is 2. The molecule has 2 aromatic heterocycles. The molecule has 5 nitrogen and oxygen atoms in total. The molecule has 2 aromatic rings. The molecule has 0 bridgehead atoms. The van der Waals surface area contributed by atoms with Gasteiger partial charge in [-0.2, -0.15) is 0 Å². The lowest BCUT2D eigenvalue weighted by Crippen LogP contribution is -2.46. The summed E-state index contributed by atoms with van der Waals surface area (Å²) in [4.78, 5) is 17.5. The van der Waals surface area contributed by atoms with E-state index in [4.69, 9.17) is 16.6 Å². The van der Waals surface area contributed by atoms with Gasteiger partial charge in [-0.25, -0.2) is 19.3 Å². The largest absolute Gasteiger partial charge is 0.353 e. The predicted octanol–water partition coefficient (Wildman–Crippen LogP) is 3.21. The van der Waals surface area contributed by atoms with Gasteiger partial charge in [-0.1, -0.05) is 11.6 Å². The summed E-state index contributed by atoms with van der Waals surface area (Å²) in [5.74, 6) is 0.756. The van der Waals surface area contributed by atoms with Crippen molar-refractivity contribution in [3.63, 3.8) is 0 Å². The predicted molar refractivity (Wildman–Crippen MR) is 97.0 cm³/mol. The SMILES string of the molecule is CN(C)c1ncc2c(n1)C1(CCCN(c3ncc(Cl)cc3F)C1)CC2. The maximum Gasteiger partial charge on any atom is 0.225 e. The van der Waals surface area contributed by atoms with E-state index in [1.54, 1.807) is 0 Å². The highest BCUT2D eigenvalue weighted by Gasteiger charge is 2.44. The van der Waals surface area contributed by atoms with Gasteiger partial charge >= 0.3 is 0 Å². The summed E-state index contributed by atoms with van der Waals surface area (Å²) >= 11 is 5.85. The van der Waals surface area contributed by atoms with Crippen molar-refractivity contribution in [2.75, 3.05) is 37.0 Å². The van der Waals surface area contributed by atoms with Crippen molar-refractivity contribution in [3.05, 3.63) is 40.6 Å². The third-order valence-corrected chi connectivity index (χ3v) is 5.50. The Morgan fingerprint density at radius 1 is 1.24 bits per heavy atom. The number of aromatic nitrogens is 3. The first-order chi connectivity index (χ1) is 12.0. The van der Waals surface area contributed by atoms with E-state index in [1.165, 1.54) is 17.8 Å². The quantitative estimate of drug-likeness (QED) is 0.821. The fourth-order valence-electron chi connectivity index (χ4n) is 4.10. The molecular formula is C18H21ClFN5. The Labute approximate surface area is 151 Å². The van der Waals surface area contributed by atoms with Gasteiger partial charge in [0, 0.05) is 45.0 Å². The molecule has 0 amide bonds. The maximum absolute atomic E-state index is 14.4. The Kier molecular flexibility index (Phi) is 4.02. The fourth-order valence-corrected chi connectivity index (χ4v) is 4.24. The zero-order valence-corrected chi connectivity index (χ0v) is 15.2. The molecule has 1 fully saturated rings. The summed E-state index contributed by atoms with van der Waals surface area (Å²) in [6.07, 6.45) is 7.52. The minimum Gasteiger partial charge on any atom is -0.353 e. The molecule has 7 heteroatoms. The fraction of sp³-hybridized carbons (Fsp3) is 0.500. The van der Waals surface area contributed by atoms with Crippen LogP contribution in [-0.2, 0) is 11.8 Å². The highest BCUT2D eigenvalue weighted by atomic mass is 35.5. The molecule has 4 rings (SSSR count). The summed E-state index contributed by atoms with van der Waals surface area (Å²) in [7, 11) is 3.90. The van der Waals surface area contributed by atoms with Crippen LogP contribution in [0, 0.1) is 5.82 Å². The van der Waals surface area contributed by atoms with Crippen molar-refractivity contribution in [1.82, 2.24) is 15.0 Å². The van der Waals surface area contributed by atoms with Gasteiger partial charge in [0.15, 0.2) is 11.6 Å². The minimum absolute atomic E-state index is 0.0466. The number of hydrogen-bond donors (Lipinski definition) is 0. The van der Waals surface area contributed by atoms with Gasteiger partial charge in [-0.15, -0.1) is 0 Å². The number of nitrogens with zero attached hydrogens (tertiary/aromatic N) is 5. The molecule has 2 aliphatic rings. The molecule has 25 heavy (non-hydrogen) atoms. The monoisotopic (exact) mass is 361 g/mol. The summed E-state index contributed by atoms with van der Waals surface area (Å²) < 4.78 is 14.4. The van der Waals surface area contributed by atoms with E-state index in [1.807, 2.05) is 30.1 Å². The van der Waals surface area contributed by atoms with Gasteiger partial charge in [0.05, 0.1) is 10.7 Å². The number of anilines is 2. The van der Waals surface area contributed by atoms with Gasteiger partial charge in [0.2, 0.25) is 5.95 Å². The van der Waals surface area contributed by atoms with Crippen molar-refractivity contribution >= 4 is 23.4 Å². The maximum atomic E-state index is 14.4. The molecule has 1 aliphatic carbocycles. The lowest BCUT2D eigenvalue weighted by atomic mass is 9.77. The van der Waals surface area contributed by atoms with E-state index in [0.717, 1.165) is 50.4 Å². The topological polar surface area (TPSA) is 45.2 Å². The molecule has 3 heterocycles. The lowest BCUT2D eigenvalue weighted by molar-refractivity contribution is 0.331. The molecule has 0 radical (unpaired) electrons. The molecule has 132 valence electrons. The van der Waals surface area contributed by atoms with Crippen LogP contribution in [0.3, 0.4) is 0 Å². The van der Waals surface area contributed by atoms with Crippen molar-refractivity contribution in [1.29, 1.82) is 0 Å². The van der Waals surface area contributed by atoms with Crippen LogP contribution in [0.4, 0.5) is 16.2 Å². The molecular weight excluding hydrogens is 341 g/mol. The Morgan fingerprint density at radius 2 is 2.08 bits per heavy atom. The van der Waals surface area contributed by atoms with Crippen molar-refractivity contribution in [3.8, 4) is 0 Å². The number of rotatable bonds is 2.